The molecule has 0 heterocycles. The van der Waals surface area contributed by atoms with Gasteiger partial charge in [-0.05, 0) is 12.1 Å². The number of carboxylic acid groups (broad SMARTS) is 2. The number of carbonyl (C=O) groups is 2. The van der Waals surface area contributed by atoms with Crippen molar-refractivity contribution >= 4 is 11.9 Å². The van der Waals surface area contributed by atoms with Crippen LogP contribution < -0.4 is 4.74 Å². The molecule has 0 saturated heterocycles. The summed E-state index contributed by atoms with van der Waals surface area (Å²) in [5.74, 6) is -4.29. The highest BCUT2D eigenvalue weighted by Gasteiger charge is 2.15. The Morgan fingerprint density at radius 3 is 2.33 bits per heavy atom. The Balaban J connectivity index is 2.98. The summed E-state index contributed by atoms with van der Waals surface area (Å²) in [5.41, 5.74) is -0.587. The molecule has 0 spiro atoms. The number of aromatic hydroxyl groups is 2. The van der Waals surface area contributed by atoms with E-state index in [0.29, 0.717) is 0 Å². The molecular weight excluding hydrogens is 244 g/mol. The van der Waals surface area contributed by atoms with Gasteiger partial charge in [-0.2, -0.15) is 0 Å². The SMILES string of the molecule is C=C(COc1cc(C(=O)O)cc(O)c1O)C(=O)O. The molecule has 0 bridgehead atoms. The standard InChI is InChI=1S/C11H10O7/c1-5(10(14)15)4-18-8-3-6(11(16)17)2-7(12)9(8)13/h2-3,12-13H,1,4H2,(H,14,15)(H,16,17). The van der Waals surface area contributed by atoms with Gasteiger partial charge in [0.25, 0.3) is 0 Å². The second kappa shape index (κ2) is 5.09. The molecule has 7 nitrogen and oxygen atoms in total. The predicted molar refractivity (Wildman–Crippen MR) is 59.0 cm³/mol. The van der Waals surface area contributed by atoms with E-state index in [4.69, 9.17) is 14.9 Å². The molecule has 7 heteroatoms. The number of phenolic OH excluding ortho intramolecular Hbond substituents is 2. The molecule has 1 aromatic rings. The highest BCUT2D eigenvalue weighted by atomic mass is 16.5. The molecular formula is C11H10O7. The highest BCUT2D eigenvalue weighted by Crippen LogP contribution is 2.36. The van der Waals surface area contributed by atoms with E-state index in [0.717, 1.165) is 12.1 Å². The molecule has 96 valence electrons. The molecule has 1 aromatic carbocycles. The fourth-order valence-corrected chi connectivity index (χ4v) is 1.05. The van der Waals surface area contributed by atoms with Crippen LogP contribution >= 0.6 is 0 Å². The summed E-state index contributed by atoms with van der Waals surface area (Å²) in [6.07, 6.45) is 0. The first kappa shape index (κ1) is 13.4. The number of hydrogen-bond acceptors (Lipinski definition) is 5. The third kappa shape index (κ3) is 2.91. The molecule has 4 N–H and O–H groups in total. The largest absolute Gasteiger partial charge is 0.504 e. The van der Waals surface area contributed by atoms with Crippen LogP contribution in [0, 0.1) is 0 Å². The van der Waals surface area contributed by atoms with Crippen molar-refractivity contribution in [3.63, 3.8) is 0 Å². The van der Waals surface area contributed by atoms with Crippen LogP contribution in [0.15, 0.2) is 24.3 Å². The predicted octanol–water partition coefficient (Wildman–Crippen LogP) is 0.816. The number of rotatable bonds is 5. The first-order chi connectivity index (χ1) is 8.32. The second-order valence-corrected chi connectivity index (χ2v) is 3.34. The Labute approximate surface area is 101 Å². The van der Waals surface area contributed by atoms with E-state index in [1.807, 2.05) is 0 Å². The van der Waals surface area contributed by atoms with Crippen molar-refractivity contribution < 1.29 is 34.8 Å². The van der Waals surface area contributed by atoms with Crippen molar-refractivity contribution in [1.82, 2.24) is 0 Å². The molecule has 0 atom stereocenters. The minimum atomic E-state index is -1.33. The smallest absolute Gasteiger partial charge is 0.335 e. The zero-order chi connectivity index (χ0) is 13.9. The van der Waals surface area contributed by atoms with E-state index in [1.165, 1.54) is 0 Å². The fraction of sp³-hybridized carbons (Fsp3) is 0.0909. The van der Waals surface area contributed by atoms with Gasteiger partial charge >= 0.3 is 11.9 Å². The molecule has 0 fully saturated rings. The van der Waals surface area contributed by atoms with Gasteiger partial charge in [0.05, 0.1) is 11.1 Å². The lowest BCUT2D eigenvalue weighted by Crippen LogP contribution is -2.09. The number of phenols is 2. The maximum absolute atomic E-state index is 10.7. The second-order valence-electron chi connectivity index (χ2n) is 3.34. The van der Waals surface area contributed by atoms with Crippen molar-refractivity contribution in [2.24, 2.45) is 0 Å². The van der Waals surface area contributed by atoms with E-state index in [9.17, 15) is 19.8 Å². The number of aromatic carboxylic acids is 1. The van der Waals surface area contributed by atoms with Gasteiger partial charge in [-0.15, -0.1) is 0 Å². The topological polar surface area (TPSA) is 124 Å². The van der Waals surface area contributed by atoms with Gasteiger partial charge < -0.3 is 25.2 Å². The Bertz CT molecular complexity index is 518. The molecule has 0 aliphatic rings. The third-order valence-electron chi connectivity index (χ3n) is 2.01. The summed E-state index contributed by atoms with van der Waals surface area (Å²) in [7, 11) is 0. The summed E-state index contributed by atoms with van der Waals surface area (Å²) in [5, 5.41) is 36.0. The number of benzene rings is 1. The fourth-order valence-electron chi connectivity index (χ4n) is 1.05. The summed E-state index contributed by atoms with van der Waals surface area (Å²) in [6.45, 7) is 2.74. The van der Waals surface area contributed by atoms with Gasteiger partial charge in [-0.3, -0.25) is 0 Å². The molecule has 0 amide bonds. The summed E-state index contributed by atoms with van der Waals surface area (Å²) in [4.78, 5) is 21.2. The van der Waals surface area contributed by atoms with Crippen LogP contribution in [0.25, 0.3) is 0 Å². The van der Waals surface area contributed by atoms with Crippen LogP contribution in [-0.2, 0) is 4.79 Å². The average molecular weight is 254 g/mol. The van der Waals surface area contributed by atoms with Gasteiger partial charge in [0, 0.05) is 0 Å². The molecule has 0 radical (unpaired) electrons. The maximum atomic E-state index is 10.7. The van der Waals surface area contributed by atoms with Crippen molar-refractivity contribution in [2.75, 3.05) is 6.61 Å². The average Bonchev–Trinajstić information content (AvgIpc) is 2.29. The van der Waals surface area contributed by atoms with Crippen LogP contribution in [0.1, 0.15) is 10.4 Å². The van der Waals surface area contributed by atoms with Gasteiger partial charge in [-0.25, -0.2) is 9.59 Å². The van der Waals surface area contributed by atoms with E-state index >= 15 is 0 Å². The van der Waals surface area contributed by atoms with E-state index < -0.39 is 30.0 Å². The van der Waals surface area contributed by atoms with E-state index in [-0.39, 0.29) is 16.9 Å². The molecule has 0 saturated carbocycles. The van der Waals surface area contributed by atoms with Crippen molar-refractivity contribution in [1.29, 1.82) is 0 Å². The number of ether oxygens (including phenoxy) is 1. The Morgan fingerprint density at radius 1 is 1.22 bits per heavy atom. The highest BCUT2D eigenvalue weighted by molar-refractivity contribution is 5.89. The zero-order valence-electron chi connectivity index (χ0n) is 9.08. The summed E-state index contributed by atoms with van der Waals surface area (Å²) in [6, 6.07) is 1.81. The van der Waals surface area contributed by atoms with Gasteiger partial charge in [0.1, 0.15) is 6.61 Å². The number of carboxylic acids is 2. The van der Waals surface area contributed by atoms with Crippen LogP contribution in [0.2, 0.25) is 0 Å². The minimum absolute atomic E-state index is 0.283. The first-order valence-electron chi connectivity index (χ1n) is 4.66. The van der Waals surface area contributed by atoms with Crippen LogP contribution in [0.5, 0.6) is 17.2 Å². The van der Waals surface area contributed by atoms with Crippen molar-refractivity contribution in [3.8, 4) is 17.2 Å². The summed E-state index contributed by atoms with van der Waals surface area (Å²) >= 11 is 0. The monoisotopic (exact) mass is 254 g/mol. The molecule has 1 rings (SSSR count). The lowest BCUT2D eigenvalue weighted by atomic mass is 10.2. The minimum Gasteiger partial charge on any atom is -0.504 e. The van der Waals surface area contributed by atoms with Crippen molar-refractivity contribution in [3.05, 3.63) is 29.8 Å². The zero-order valence-corrected chi connectivity index (χ0v) is 9.08. The quantitative estimate of drug-likeness (QED) is 0.452. The molecule has 0 aromatic heterocycles. The van der Waals surface area contributed by atoms with E-state index in [2.05, 4.69) is 6.58 Å². The third-order valence-corrected chi connectivity index (χ3v) is 2.01. The molecule has 0 aliphatic heterocycles. The first-order valence-corrected chi connectivity index (χ1v) is 4.66. The van der Waals surface area contributed by atoms with Crippen LogP contribution in [0.3, 0.4) is 0 Å². The van der Waals surface area contributed by atoms with Crippen LogP contribution in [-0.4, -0.2) is 39.0 Å². The van der Waals surface area contributed by atoms with Gasteiger partial charge in [0.2, 0.25) is 5.75 Å². The molecule has 0 aliphatic carbocycles. The number of aliphatic carboxylic acids is 1. The van der Waals surface area contributed by atoms with Gasteiger partial charge in [-0.1, -0.05) is 6.58 Å². The summed E-state index contributed by atoms with van der Waals surface area (Å²) < 4.78 is 4.88. The Kier molecular flexibility index (Phi) is 3.78. The van der Waals surface area contributed by atoms with E-state index in [1.54, 1.807) is 0 Å². The Morgan fingerprint density at radius 2 is 1.83 bits per heavy atom. The lowest BCUT2D eigenvalue weighted by Gasteiger charge is -2.10. The molecule has 0 unspecified atom stereocenters. The van der Waals surface area contributed by atoms with Crippen LogP contribution in [0.4, 0.5) is 0 Å². The maximum Gasteiger partial charge on any atom is 0.335 e. The lowest BCUT2D eigenvalue weighted by molar-refractivity contribution is -0.133. The Hall–Kier alpha value is -2.70. The van der Waals surface area contributed by atoms with Gasteiger partial charge in [0.15, 0.2) is 11.5 Å². The molecule has 18 heavy (non-hydrogen) atoms. The normalized spacial score (nSPS) is 9.78. The number of hydrogen-bond donors (Lipinski definition) is 4. The van der Waals surface area contributed by atoms with Crippen molar-refractivity contribution in [2.45, 2.75) is 0 Å².